The van der Waals surface area contributed by atoms with E-state index in [9.17, 15) is 19.2 Å². The summed E-state index contributed by atoms with van der Waals surface area (Å²) in [5.74, 6) is -2.03. The van der Waals surface area contributed by atoms with Crippen molar-refractivity contribution >= 4 is 39.8 Å². The van der Waals surface area contributed by atoms with Crippen molar-refractivity contribution in [3.8, 4) is 0 Å². The average Bonchev–Trinajstić information content (AvgIpc) is 2.64. The molecule has 0 aromatic heterocycles. The van der Waals surface area contributed by atoms with Crippen molar-refractivity contribution in [3.05, 3.63) is 0 Å². The van der Waals surface area contributed by atoms with Crippen molar-refractivity contribution < 1.29 is 38.1 Å². The molecule has 0 aliphatic heterocycles. The van der Waals surface area contributed by atoms with Crippen LogP contribution in [0.15, 0.2) is 0 Å². The van der Waals surface area contributed by atoms with Crippen molar-refractivity contribution in [2.75, 3.05) is 32.8 Å². The number of hydrogen-bond acceptors (Lipinski definition) is 8. The van der Waals surface area contributed by atoms with Gasteiger partial charge in [-0.2, -0.15) is 0 Å². The van der Waals surface area contributed by atoms with E-state index in [1.807, 2.05) is 6.92 Å². The molecule has 0 bridgehead atoms. The van der Waals surface area contributed by atoms with Gasteiger partial charge in [-0.15, -0.1) is 0 Å². The van der Waals surface area contributed by atoms with E-state index < -0.39 is 29.3 Å². The van der Waals surface area contributed by atoms with Crippen LogP contribution in [-0.4, -0.2) is 56.6 Å². The van der Waals surface area contributed by atoms with E-state index in [4.69, 9.17) is 9.47 Å². The molecule has 0 atom stereocenters. The maximum absolute atomic E-state index is 11.7. The molecule has 0 aliphatic carbocycles. The average molecular weight is 425 g/mol. The van der Waals surface area contributed by atoms with Gasteiger partial charge in [0.2, 0.25) is 0 Å². The van der Waals surface area contributed by atoms with Crippen molar-refractivity contribution in [2.24, 2.45) is 5.41 Å². The van der Waals surface area contributed by atoms with Gasteiger partial charge >= 0.3 is 23.9 Å². The number of ether oxygens (including phenoxy) is 4. The fraction of sp³-hybridized carbons (Fsp3) is 0.750. The molecular weight excluding hydrogens is 400 g/mol. The molecule has 0 aromatic rings. The predicted octanol–water partition coefficient (Wildman–Crippen LogP) is 1.77. The molecule has 0 saturated heterocycles. The second-order valence-electron chi connectivity index (χ2n) is 5.46. The van der Waals surface area contributed by atoms with Crippen LogP contribution in [-0.2, 0) is 38.1 Å². The molecule has 0 aliphatic rings. The minimum absolute atomic E-state index is 0.0407. The highest BCUT2D eigenvalue weighted by atomic mass is 79.9. The van der Waals surface area contributed by atoms with Gasteiger partial charge in [0.1, 0.15) is 13.2 Å². The van der Waals surface area contributed by atoms with Crippen LogP contribution in [0.2, 0.25) is 0 Å². The third-order valence-corrected chi connectivity index (χ3v) is 4.82. The van der Waals surface area contributed by atoms with E-state index in [2.05, 4.69) is 25.4 Å². The van der Waals surface area contributed by atoms with E-state index in [1.165, 1.54) is 14.2 Å². The summed E-state index contributed by atoms with van der Waals surface area (Å²) in [5, 5.41) is 0.449. The summed E-state index contributed by atoms with van der Waals surface area (Å²) in [7, 11) is 2.49. The SMILES string of the molecule is CCC(CBr)(COC(=O)CCC(=O)OC)COC(=O)CCC(=O)OC. The highest BCUT2D eigenvalue weighted by molar-refractivity contribution is 9.09. The topological polar surface area (TPSA) is 105 Å². The van der Waals surface area contributed by atoms with Crippen molar-refractivity contribution in [2.45, 2.75) is 39.0 Å². The lowest BCUT2D eigenvalue weighted by Crippen LogP contribution is -2.35. The number of carbonyl (C=O) groups excluding carboxylic acids is 4. The molecule has 0 unspecified atom stereocenters. The summed E-state index contributed by atoms with van der Waals surface area (Å²) in [6.45, 7) is 1.96. The number of alkyl halides is 1. The van der Waals surface area contributed by atoms with Crippen LogP contribution >= 0.6 is 15.9 Å². The monoisotopic (exact) mass is 424 g/mol. The Bertz CT molecular complexity index is 421. The van der Waals surface area contributed by atoms with E-state index in [1.54, 1.807) is 0 Å². The highest BCUT2D eigenvalue weighted by Gasteiger charge is 2.31. The van der Waals surface area contributed by atoms with E-state index >= 15 is 0 Å². The Hall–Kier alpha value is -1.64. The first-order valence-corrected chi connectivity index (χ1v) is 8.95. The molecule has 0 saturated carbocycles. The minimum atomic E-state index is -0.581. The van der Waals surface area contributed by atoms with Crippen LogP contribution in [0.25, 0.3) is 0 Å². The van der Waals surface area contributed by atoms with E-state index in [-0.39, 0.29) is 38.9 Å². The van der Waals surface area contributed by atoms with Crippen molar-refractivity contribution in [1.29, 1.82) is 0 Å². The fourth-order valence-electron chi connectivity index (χ4n) is 1.64. The Balaban J connectivity index is 4.39. The Morgan fingerprint density at radius 1 is 0.760 bits per heavy atom. The highest BCUT2D eigenvalue weighted by Crippen LogP contribution is 2.26. The van der Waals surface area contributed by atoms with Gasteiger partial charge in [0.25, 0.3) is 0 Å². The molecule has 0 heterocycles. The second-order valence-corrected chi connectivity index (χ2v) is 6.02. The van der Waals surface area contributed by atoms with Gasteiger partial charge in [0, 0.05) is 10.7 Å². The zero-order valence-corrected chi connectivity index (χ0v) is 16.4. The number of halogens is 1. The molecule has 0 spiro atoms. The number of carbonyl (C=O) groups is 4. The molecule has 8 nitrogen and oxygen atoms in total. The van der Waals surface area contributed by atoms with Crippen LogP contribution in [0.4, 0.5) is 0 Å². The predicted molar refractivity (Wildman–Crippen MR) is 90.9 cm³/mol. The normalized spacial score (nSPS) is 10.7. The van der Waals surface area contributed by atoms with Gasteiger partial charge in [-0.25, -0.2) is 0 Å². The number of hydrogen-bond donors (Lipinski definition) is 0. The molecule has 0 N–H and O–H groups in total. The first-order valence-electron chi connectivity index (χ1n) is 7.83. The van der Waals surface area contributed by atoms with E-state index in [0.717, 1.165) is 0 Å². The Morgan fingerprint density at radius 3 is 1.40 bits per heavy atom. The molecular formula is C16H25BrO8. The lowest BCUT2D eigenvalue weighted by molar-refractivity contribution is -0.156. The molecule has 0 aromatic carbocycles. The van der Waals surface area contributed by atoms with Crippen LogP contribution in [0.1, 0.15) is 39.0 Å². The van der Waals surface area contributed by atoms with Gasteiger partial charge in [-0.1, -0.05) is 22.9 Å². The number of rotatable bonds is 12. The molecule has 25 heavy (non-hydrogen) atoms. The third kappa shape index (κ3) is 10.1. The number of esters is 4. The standard InChI is InChI=1S/C16H25BrO8/c1-4-16(9-17,10-24-14(20)7-5-12(18)22-2)11-25-15(21)8-6-13(19)23-3/h4-11H2,1-3H3. The second kappa shape index (κ2) is 12.7. The number of methoxy groups -OCH3 is 2. The summed E-state index contributed by atoms with van der Waals surface area (Å²) >= 11 is 3.35. The first kappa shape index (κ1) is 23.4. The van der Waals surface area contributed by atoms with Crippen LogP contribution in [0.3, 0.4) is 0 Å². The van der Waals surface area contributed by atoms with Gasteiger partial charge in [0.05, 0.1) is 39.9 Å². The van der Waals surface area contributed by atoms with Gasteiger partial charge in [-0.05, 0) is 6.42 Å². The van der Waals surface area contributed by atoms with Crippen molar-refractivity contribution in [1.82, 2.24) is 0 Å². The van der Waals surface area contributed by atoms with Crippen molar-refractivity contribution in [3.63, 3.8) is 0 Å². The molecule has 144 valence electrons. The minimum Gasteiger partial charge on any atom is -0.469 e. The lowest BCUT2D eigenvalue weighted by Gasteiger charge is -2.29. The summed E-state index contributed by atoms with van der Waals surface area (Å²) in [4.78, 5) is 45.4. The van der Waals surface area contributed by atoms with Gasteiger partial charge in [-0.3, -0.25) is 19.2 Å². The van der Waals surface area contributed by atoms with Crippen LogP contribution in [0.5, 0.6) is 0 Å². The lowest BCUT2D eigenvalue weighted by atomic mass is 9.89. The van der Waals surface area contributed by atoms with Crippen LogP contribution in [0, 0.1) is 5.41 Å². The molecule has 0 amide bonds. The smallest absolute Gasteiger partial charge is 0.306 e. The maximum Gasteiger partial charge on any atom is 0.306 e. The van der Waals surface area contributed by atoms with E-state index in [0.29, 0.717) is 11.8 Å². The maximum atomic E-state index is 11.7. The van der Waals surface area contributed by atoms with Gasteiger partial charge in [0.15, 0.2) is 0 Å². The van der Waals surface area contributed by atoms with Crippen LogP contribution < -0.4 is 0 Å². The molecule has 0 radical (unpaired) electrons. The molecule has 0 rings (SSSR count). The summed E-state index contributed by atoms with van der Waals surface area (Å²) in [6.07, 6.45) is 0.338. The zero-order chi connectivity index (χ0) is 19.3. The largest absolute Gasteiger partial charge is 0.469 e. The summed E-state index contributed by atoms with van der Waals surface area (Å²) < 4.78 is 19.3. The quantitative estimate of drug-likeness (QED) is 0.265. The molecule has 9 heteroatoms. The summed E-state index contributed by atoms with van der Waals surface area (Å²) in [5.41, 5.74) is -0.581. The summed E-state index contributed by atoms with van der Waals surface area (Å²) in [6, 6.07) is 0. The Kier molecular flexibility index (Phi) is 11.9. The van der Waals surface area contributed by atoms with Gasteiger partial charge < -0.3 is 18.9 Å². The fourth-order valence-corrected chi connectivity index (χ4v) is 2.36. The Morgan fingerprint density at radius 2 is 1.12 bits per heavy atom. The zero-order valence-electron chi connectivity index (χ0n) is 14.8. The third-order valence-electron chi connectivity index (χ3n) is 3.63. The molecule has 0 fully saturated rings. The Labute approximate surface area is 155 Å². The first-order chi connectivity index (χ1) is 11.8.